The molecule has 3 N–H and O–H groups in total. The molecule has 1 heterocycles. The van der Waals surface area contributed by atoms with E-state index in [0.29, 0.717) is 11.8 Å². The van der Waals surface area contributed by atoms with Crippen LogP contribution >= 0.6 is 0 Å². The predicted molar refractivity (Wildman–Crippen MR) is 104 cm³/mol. The van der Waals surface area contributed by atoms with E-state index in [4.69, 9.17) is 0 Å². The van der Waals surface area contributed by atoms with Crippen molar-refractivity contribution in [2.75, 3.05) is 0 Å². The lowest BCUT2D eigenvalue weighted by atomic mass is 9.54. The molecule has 0 aromatic heterocycles. The predicted octanol–water partition coefficient (Wildman–Crippen LogP) is 3.07. The van der Waals surface area contributed by atoms with Crippen molar-refractivity contribution >= 4 is 11.7 Å². The lowest BCUT2D eigenvalue weighted by molar-refractivity contribution is -0.118. The summed E-state index contributed by atoms with van der Waals surface area (Å²) in [5.41, 5.74) is -0.896. The highest BCUT2D eigenvalue weighted by atomic mass is 16.3. The summed E-state index contributed by atoms with van der Waals surface area (Å²) in [7, 11) is 0. The number of nitrogens with one attached hydrogen (secondary N) is 1. The number of hydrogen-bond acceptors (Lipinski definition) is 4. The molecule has 0 bridgehead atoms. The Morgan fingerprint density at radius 3 is 2.63 bits per heavy atom. The molecule has 1 saturated heterocycles. The van der Waals surface area contributed by atoms with Crippen molar-refractivity contribution in [2.45, 2.75) is 59.1 Å². The smallest absolute Gasteiger partial charge is 0.259 e. The maximum atomic E-state index is 12.8. The summed E-state index contributed by atoms with van der Waals surface area (Å²) in [6, 6.07) is -0.986. The Labute approximate surface area is 161 Å². The highest BCUT2D eigenvalue weighted by molar-refractivity contribution is 6.27. The molecular weight excluding hydrogens is 342 g/mol. The Bertz CT molecular complexity index is 720. The van der Waals surface area contributed by atoms with E-state index in [-0.39, 0.29) is 23.2 Å². The van der Waals surface area contributed by atoms with Crippen LogP contribution in [-0.4, -0.2) is 34.0 Å². The minimum Gasteiger partial charge on any atom is -0.511 e. The SMILES string of the molecule is C/C=C/[C@@H]1C=C[C@H]2C[C@H](C)CC[C@H]2[C@@]1(C)/C(O)=C1\C(=O)N[C@@H]([C@@H](C)O)C1=O. The molecule has 0 aromatic rings. The van der Waals surface area contributed by atoms with Gasteiger partial charge in [0.25, 0.3) is 5.91 Å². The van der Waals surface area contributed by atoms with Crippen molar-refractivity contribution in [1.29, 1.82) is 0 Å². The Hall–Kier alpha value is -1.88. The number of aliphatic hydroxyl groups excluding tert-OH is 2. The Balaban J connectivity index is 2.11. The molecule has 1 amide bonds. The fourth-order valence-electron chi connectivity index (χ4n) is 5.28. The van der Waals surface area contributed by atoms with Crippen LogP contribution in [0.5, 0.6) is 0 Å². The van der Waals surface area contributed by atoms with E-state index in [1.807, 2.05) is 26.0 Å². The minimum absolute atomic E-state index is 0.0872. The van der Waals surface area contributed by atoms with Crippen LogP contribution in [0.15, 0.2) is 35.6 Å². The number of hydrogen-bond donors (Lipinski definition) is 3. The first-order chi connectivity index (χ1) is 12.7. The van der Waals surface area contributed by atoms with Gasteiger partial charge in [0.05, 0.1) is 6.10 Å². The lowest BCUT2D eigenvalue weighted by Crippen LogP contribution is -2.45. The van der Waals surface area contributed by atoms with Crippen molar-refractivity contribution in [3.63, 3.8) is 0 Å². The highest BCUT2D eigenvalue weighted by Gasteiger charge is 2.53. The topological polar surface area (TPSA) is 86.6 Å². The number of fused-ring (bicyclic) bond motifs is 1. The van der Waals surface area contributed by atoms with Crippen LogP contribution in [0.25, 0.3) is 0 Å². The van der Waals surface area contributed by atoms with Gasteiger partial charge in [0, 0.05) is 11.3 Å². The molecule has 5 heteroatoms. The van der Waals surface area contributed by atoms with E-state index < -0.39 is 29.3 Å². The molecular formula is C22H31NO4. The van der Waals surface area contributed by atoms with E-state index >= 15 is 0 Å². The van der Waals surface area contributed by atoms with Crippen LogP contribution in [-0.2, 0) is 9.59 Å². The molecule has 3 rings (SSSR count). The highest BCUT2D eigenvalue weighted by Crippen LogP contribution is 2.56. The van der Waals surface area contributed by atoms with Crippen LogP contribution in [0, 0.1) is 29.1 Å². The second kappa shape index (κ2) is 7.27. The molecule has 0 spiro atoms. The zero-order chi connectivity index (χ0) is 19.9. The molecule has 1 saturated carbocycles. The average molecular weight is 373 g/mol. The molecule has 2 aliphatic carbocycles. The van der Waals surface area contributed by atoms with Gasteiger partial charge in [-0.15, -0.1) is 0 Å². The molecule has 5 nitrogen and oxygen atoms in total. The molecule has 148 valence electrons. The number of ketones is 1. The number of amides is 1. The number of allylic oxidation sites excluding steroid dienone is 5. The molecule has 7 atom stereocenters. The summed E-state index contributed by atoms with van der Waals surface area (Å²) in [5, 5.41) is 23.7. The van der Waals surface area contributed by atoms with Gasteiger partial charge in [-0.3, -0.25) is 9.59 Å². The number of Topliss-reactive ketones (excluding diaryl/α,β-unsaturated/α-hetero) is 1. The third-order valence-electron chi connectivity index (χ3n) is 6.86. The fourth-order valence-corrected chi connectivity index (χ4v) is 5.28. The summed E-state index contributed by atoms with van der Waals surface area (Å²) >= 11 is 0. The van der Waals surface area contributed by atoms with Gasteiger partial charge in [-0.25, -0.2) is 0 Å². The van der Waals surface area contributed by atoms with Crippen molar-refractivity contribution in [3.05, 3.63) is 35.6 Å². The zero-order valence-corrected chi connectivity index (χ0v) is 16.6. The summed E-state index contributed by atoms with van der Waals surface area (Å²) in [5.74, 6) is -0.179. The normalized spacial score (nSPS) is 42.2. The first-order valence-corrected chi connectivity index (χ1v) is 9.99. The largest absolute Gasteiger partial charge is 0.511 e. The van der Waals surface area contributed by atoms with E-state index in [1.54, 1.807) is 0 Å². The summed E-state index contributed by atoms with van der Waals surface area (Å²) in [6.45, 7) is 7.63. The fraction of sp³-hybridized carbons (Fsp3) is 0.636. The quantitative estimate of drug-likeness (QED) is 0.307. The number of aliphatic hydroxyl groups is 2. The van der Waals surface area contributed by atoms with Crippen molar-refractivity contribution in [2.24, 2.45) is 29.1 Å². The third kappa shape index (κ3) is 3.16. The van der Waals surface area contributed by atoms with Gasteiger partial charge in [-0.2, -0.15) is 0 Å². The van der Waals surface area contributed by atoms with Crippen molar-refractivity contribution in [3.8, 4) is 0 Å². The molecule has 0 aromatic carbocycles. The van der Waals surface area contributed by atoms with E-state index in [9.17, 15) is 19.8 Å². The van der Waals surface area contributed by atoms with Crippen LogP contribution in [0.1, 0.15) is 47.0 Å². The molecule has 3 aliphatic rings. The van der Waals surface area contributed by atoms with Gasteiger partial charge < -0.3 is 15.5 Å². The molecule has 27 heavy (non-hydrogen) atoms. The second-order valence-electron chi connectivity index (χ2n) is 8.69. The number of carbonyl (C=O) groups excluding carboxylic acids is 2. The van der Waals surface area contributed by atoms with E-state index in [0.717, 1.165) is 19.3 Å². The van der Waals surface area contributed by atoms with Gasteiger partial charge in [-0.1, -0.05) is 44.6 Å². The van der Waals surface area contributed by atoms with Gasteiger partial charge in [0.1, 0.15) is 17.4 Å². The second-order valence-corrected chi connectivity index (χ2v) is 8.69. The monoisotopic (exact) mass is 373 g/mol. The summed E-state index contributed by atoms with van der Waals surface area (Å²) in [4.78, 5) is 25.3. The standard InChI is InChI=1S/C22H31NO4/c1-5-6-15-9-8-14-11-12(2)7-10-16(14)22(15,4)20(26)17-19(25)18(13(3)24)23-21(17)27/h5-6,8-9,12-16,18,24,26H,7,10-11H2,1-4H3,(H,23,27)/b6-5+,20-17+/t12-,13-,14+,15-,16-,18+,22+/m1/s1. The van der Waals surface area contributed by atoms with Crippen molar-refractivity contribution in [1.82, 2.24) is 5.32 Å². The molecule has 0 unspecified atom stereocenters. The minimum atomic E-state index is -1.000. The Morgan fingerprint density at radius 1 is 1.33 bits per heavy atom. The summed E-state index contributed by atoms with van der Waals surface area (Å²) < 4.78 is 0. The van der Waals surface area contributed by atoms with E-state index in [1.165, 1.54) is 6.92 Å². The maximum Gasteiger partial charge on any atom is 0.259 e. The third-order valence-corrected chi connectivity index (χ3v) is 6.86. The first-order valence-electron chi connectivity index (χ1n) is 9.99. The Kier molecular flexibility index (Phi) is 5.35. The Morgan fingerprint density at radius 2 is 2.04 bits per heavy atom. The summed E-state index contributed by atoms with van der Waals surface area (Å²) in [6.07, 6.45) is 10.4. The number of rotatable bonds is 3. The first kappa shape index (κ1) is 19.9. The van der Waals surface area contributed by atoms with Crippen LogP contribution < -0.4 is 5.32 Å². The van der Waals surface area contributed by atoms with Gasteiger partial charge in [0.2, 0.25) is 0 Å². The number of carbonyl (C=O) groups is 2. The molecule has 0 radical (unpaired) electrons. The van der Waals surface area contributed by atoms with Gasteiger partial charge >= 0.3 is 0 Å². The van der Waals surface area contributed by atoms with Crippen LogP contribution in [0.2, 0.25) is 0 Å². The van der Waals surface area contributed by atoms with E-state index in [2.05, 4.69) is 24.4 Å². The van der Waals surface area contributed by atoms with Crippen LogP contribution in [0.3, 0.4) is 0 Å². The van der Waals surface area contributed by atoms with Gasteiger partial charge in [0.15, 0.2) is 5.78 Å². The maximum absolute atomic E-state index is 12.8. The average Bonchev–Trinajstić information content (AvgIpc) is 2.91. The zero-order valence-electron chi connectivity index (χ0n) is 16.6. The lowest BCUT2D eigenvalue weighted by Gasteiger charge is -2.50. The van der Waals surface area contributed by atoms with Gasteiger partial charge in [-0.05, 0) is 44.4 Å². The molecule has 1 aliphatic heterocycles. The van der Waals surface area contributed by atoms with Crippen molar-refractivity contribution < 1.29 is 19.8 Å². The molecule has 2 fully saturated rings. The van der Waals surface area contributed by atoms with Crippen LogP contribution in [0.4, 0.5) is 0 Å².